The molecule has 2 fully saturated rings. The Kier molecular flexibility index (Phi) is 5.36. The first kappa shape index (κ1) is 19.5. The van der Waals surface area contributed by atoms with Crippen LogP contribution in [0.1, 0.15) is 6.92 Å². The number of quaternary nitrogens is 1. The van der Waals surface area contributed by atoms with Crippen LogP contribution in [0.4, 0.5) is 20.6 Å². The maximum absolute atomic E-state index is 14.6. The Balaban J connectivity index is 1.70. The number of nitrogens with one attached hydrogen (secondary N) is 1. The van der Waals surface area contributed by atoms with Gasteiger partial charge in [-0.1, -0.05) is 0 Å². The fourth-order valence-electron chi connectivity index (χ4n) is 3.06. The molecule has 0 saturated carbocycles. The van der Waals surface area contributed by atoms with E-state index < -0.39 is 38.8 Å². The molecule has 9 nitrogen and oxygen atoms in total. The zero-order valence-electron chi connectivity index (χ0n) is 14.7. The normalized spacial score (nSPS) is 23.2. The molecule has 27 heavy (non-hydrogen) atoms. The van der Waals surface area contributed by atoms with E-state index >= 15 is 0 Å². The lowest BCUT2D eigenvalue weighted by molar-refractivity contribution is -0.768. The van der Waals surface area contributed by atoms with Crippen LogP contribution in [0, 0.1) is 11.0 Å². The maximum atomic E-state index is 14.6. The van der Waals surface area contributed by atoms with Crippen molar-refractivity contribution in [1.29, 1.82) is 0 Å². The van der Waals surface area contributed by atoms with Gasteiger partial charge < -0.3 is 19.9 Å². The molecular formula is C16H20FN3O6S. The number of rotatable bonds is 4. The number of hydroxylamine groups is 2. The fourth-order valence-corrected chi connectivity index (χ4v) is 4.26. The molecule has 2 saturated heterocycles. The van der Waals surface area contributed by atoms with Crippen LogP contribution in [0.3, 0.4) is 0 Å². The molecule has 1 aromatic rings. The molecule has 0 aromatic heterocycles. The molecule has 11 heteroatoms. The van der Waals surface area contributed by atoms with Crippen molar-refractivity contribution < 1.29 is 32.2 Å². The number of hydrogen-bond acceptors (Lipinski definition) is 7. The summed E-state index contributed by atoms with van der Waals surface area (Å²) in [6, 6.07) is 4.21. The van der Waals surface area contributed by atoms with E-state index in [9.17, 15) is 27.6 Å². The van der Waals surface area contributed by atoms with Crippen molar-refractivity contribution in [3.05, 3.63) is 29.2 Å². The SMILES string of the molecule is CC(=O)[NH+]([O-])C[C@@H]1CN(c2ccc(N3CCS(=O)(=O)CC3)c(F)c2)C(=O)O1. The average molecular weight is 401 g/mol. The van der Waals surface area contributed by atoms with E-state index in [1.807, 2.05) is 0 Å². The summed E-state index contributed by atoms with van der Waals surface area (Å²) in [5.41, 5.74) is 0.535. The molecular weight excluding hydrogens is 381 g/mol. The zero-order valence-corrected chi connectivity index (χ0v) is 15.5. The molecule has 0 bridgehead atoms. The minimum Gasteiger partial charge on any atom is -0.627 e. The van der Waals surface area contributed by atoms with Crippen LogP contribution in [0.25, 0.3) is 0 Å². The number of halogens is 1. The highest BCUT2D eigenvalue weighted by molar-refractivity contribution is 7.91. The molecule has 148 valence electrons. The second-order valence-corrected chi connectivity index (χ2v) is 8.88. The topological polar surface area (TPSA) is 111 Å². The molecule has 1 N–H and O–H groups in total. The number of carbonyl (C=O) groups excluding carboxylic acids is 2. The second kappa shape index (κ2) is 7.41. The van der Waals surface area contributed by atoms with E-state index in [1.165, 1.54) is 23.1 Å². The number of anilines is 2. The first-order valence-electron chi connectivity index (χ1n) is 8.43. The molecule has 2 aliphatic heterocycles. The van der Waals surface area contributed by atoms with Crippen LogP contribution >= 0.6 is 0 Å². The minimum absolute atomic E-state index is 0.0293. The summed E-state index contributed by atoms with van der Waals surface area (Å²) < 4.78 is 42.6. The van der Waals surface area contributed by atoms with Gasteiger partial charge in [-0.05, 0) is 18.2 Å². The van der Waals surface area contributed by atoms with Gasteiger partial charge in [0.1, 0.15) is 12.4 Å². The summed E-state index contributed by atoms with van der Waals surface area (Å²) in [5.74, 6) is -1.25. The van der Waals surface area contributed by atoms with Gasteiger partial charge in [0.15, 0.2) is 15.9 Å². The summed E-state index contributed by atoms with van der Waals surface area (Å²) in [6.07, 6.45) is -1.48. The lowest BCUT2D eigenvalue weighted by Crippen LogP contribution is -3.10. The van der Waals surface area contributed by atoms with Crippen molar-refractivity contribution in [3.8, 4) is 0 Å². The van der Waals surface area contributed by atoms with Crippen LogP contribution < -0.4 is 14.9 Å². The third-order valence-corrected chi connectivity index (χ3v) is 6.22. The molecule has 2 heterocycles. The predicted molar refractivity (Wildman–Crippen MR) is 94.8 cm³/mol. The lowest BCUT2D eigenvalue weighted by atomic mass is 10.2. The van der Waals surface area contributed by atoms with Gasteiger partial charge in [-0.2, -0.15) is 0 Å². The summed E-state index contributed by atoms with van der Waals surface area (Å²) in [7, 11) is -3.07. The Labute approximate surface area is 155 Å². The van der Waals surface area contributed by atoms with E-state index in [4.69, 9.17) is 4.74 Å². The van der Waals surface area contributed by atoms with Crippen molar-refractivity contribution in [2.24, 2.45) is 0 Å². The third kappa shape index (κ3) is 4.37. The van der Waals surface area contributed by atoms with Gasteiger partial charge in [0.05, 0.1) is 36.3 Å². The number of benzene rings is 1. The molecule has 3 rings (SSSR count). The number of hydrogen-bond donors (Lipinski definition) is 1. The van der Waals surface area contributed by atoms with E-state index in [0.29, 0.717) is 0 Å². The number of nitrogens with zero attached hydrogens (tertiary/aromatic N) is 2. The van der Waals surface area contributed by atoms with E-state index in [2.05, 4.69) is 0 Å². The van der Waals surface area contributed by atoms with Gasteiger partial charge in [0.25, 0.3) is 0 Å². The van der Waals surface area contributed by atoms with Crippen LogP contribution in [0.2, 0.25) is 0 Å². The monoisotopic (exact) mass is 401 g/mol. The maximum Gasteiger partial charge on any atom is 0.414 e. The quantitative estimate of drug-likeness (QED) is 0.665. The van der Waals surface area contributed by atoms with Gasteiger partial charge in [0.2, 0.25) is 0 Å². The van der Waals surface area contributed by atoms with Crippen LogP contribution in [-0.2, 0) is 19.4 Å². The summed E-state index contributed by atoms with van der Waals surface area (Å²) in [6.45, 7) is 1.40. The Morgan fingerprint density at radius 2 is 2.04 bits per heavy atom. The summed E-state index contributed by atoms with van der Waals surface area (Å²) >= 11 is 0. The lowest BCUT2D eigenvalue weighted by Gasteiger charge is -2.29. The molecule has 2 atom stereocenters. The van der Waals surface area contributed by atoms with E-state index in [0.717, 1.165) is 6.92 Å². The first-order valence-corrected chi connectivity index (χ1v) is 10.3. The van der Waals surface area contributed by atoms with Crippen molar-refractivity contribution in [1.82, 2.24) is 0 Å². The summed E-state index contributed by atoms with van der Waals surface area (Å²) in [5, 5.41) is 10.9. The summed E-state index contributed by atoms with van der Waals surface area (Å²) in [4.78, 5) is 25.9. The molecule has 2 aliphatic rings. The molecule has 0 aliphatic carbocycles. The van der Waals surface area contributed by atoms with E-state index in [-0.39, 0.29) is 49.1 Å². The predicted octanol–water partition coefficient (Wildman–Crippen LogP) is -0.685. The first-order chi connectivity index (χ1) is 12.7. The number of cyclic esters (lactones) is 1. The number of sulfone groups is 1. The van der Waals surface area contributed by atoms with Crippen molar-refractivity contribution in [2.75, 3.05) is 47.5 Å². The number of ether oxygens (including phenoxy) is 1. The molecule has 1 unspecified atom stereocenters. The van der Waals surface area contributed by atoms with Gasteiger partial charge in [-0.25, -0.2) is 22.4 Å². The minimum atomic E-state index is -3.07. The van der Waals surface area contributed by atoms with Crippen LogP contribution in [0.15, 0.2) is 18.2 Å². The zero-order chi connectivity index (χ0) is 19.8. The van der Waals surface area contributed by atoms with Crippen molar-refractivity contribution in [2.45, 2.75) is 13.0 Å². The van der Waals surface area contributed by atoms with Crippen LogP contribution in [-0.4, -0.2) is 64.2 Å². The number of carbonyl (C=O) groups is 2. The Bertz CT molecular complexity index is 848. The second-order valence-electron chi connectivity index (χ2n) is 6.57. The molecule has 2 amide bonds. The average Bonchev–Trinajstić information content (AvgIpc) is 2.95. The highest BCUT2D eigenvalue weighted by atomic mass is 32.2. The molecule has 0 spiro atoms. The van der Waals surface area contributed by atoms with Gasteiger partial charge >= 0.3 is 12.0 Å². The highest BCUT2D eigenvalue weighted by Gasteiger charge is 2.35. The molecule has 1 aromatic carbocycles. The Morgan fingerprint density at radius 3 is 2.63 bits per heavy atom. The third-order valence-electron chi connectivity index (χ3n) is 4.61. The number of amides is 2. The van der Waals surface area contributed by atoms with Gasteiger partial charge in [-0.3, -0.25) is 4.90 Å². The van der Waals surface area contributed by atoms with Crippen molar-refractivity contribution in [3.63, 3.8) is 0 Å². The Hall–Kier alpha value is -2.24. The fraction of sp³-hybridized carbons (Fsp3) is 0.500. The van der Waals surface area contributed by atoms with Crippen LogP contribution in [0.5, 0.6) is 0 Å². The standard InChI is InChI=1S/C16H20FN3O6S/c1-11(21)20(23)10-13-9-19(16(22)26-13)12-2-3-15(14(17)8-12)18-4-6-27(24,25)7-5-18/h2-3,8,13,20H,4-7,9-10H2,1H3/t13-/m0/s1. The van der Waals surface area contributed by atoms with Crippen molar-refractivity contribution >= 4 is 33.2 Å². The highest BCUT2D eigenvalue weighted by Crippen LogP contribution is 2.28. The van der Waals surface area contributed by atoms with Gasteiger partial charge in [-0.15, -0.1) is 0 Å². The smallest absolute Gasteiger partial charge is 0.414 e. The Morgan fingerprint density at radius 1 is 1.37 bits per heavy atom. The van der Waals surface area contributed by atoms with Gasteiger partial charge in [0, 0.05) is 13.1 Å². The van der Waals surface area contributed by atoms with E-state index in [1.54, 1.807) is 4.90 Å². The molecule has 0 radical (unpaired) electrons. The largest absolute Gasteiger partial charge is 0.627 e.